The van der Waals surface area contributed by atoms with Crippen molar-refractivity contribution in [2.24, 2.45) is 7.05 Å². The Morgan fingerprint density at radius 2 is 1.13 bits per heavy atom. The summed E-state index contributed by atoms with van der Waals surface area (Å²) < 4.78 is 1.80. The Labute approximate surface area is 175 Å². The summed E-state index contributed by atoms with van der Waals surface area (Å²) in [6.07, 6.45) is 8.09. The molecule has 5 aromatic rings. The highest BCUT2D eigenvalue weighted by atomic mass is 15.3. The van der Waals surface area contributed by atoms with Crippen molar-refractivity contribution in [1.82, 2.24) is 14.8 Å². The Balaban J connectivity index is 1.36. The molecule has 0 spiro atoms. The lowest BCUT2D eigenvalue weighted by atomic mass is 10.1. The van der Waals surface area contributed by atoms with E-state index in [4.69, 9.17) is 0 Å². The van der Waals surface area contributed by atoms with Gasteiger partial charge in [-0.15, -0.1) is 0 Å². The van der Waals surface area contributed by atoms with Crippen LogP contribution in [0.3, 0.4) is 0 Å². The van der Waals surface area contributed by atoms with Crippen LogP contribution in [-0.2, 0) is 7.05 Å². The fourth-order valence-corrected chi connectivity index (χ4v) is 3.60. The minimum absolute atomic E-state index is 0.698. The van der Waals surface area contributed by atoms with Gasteiger partial charge in [-0.2, -0.15) is 5.10 Å². The molecule has 3 heteroatoms. The number of nitrogens with zero attached hydrogens (tertiary/aromatic N) is 3. The second kappa shape index (κ2) is 7.80. The number of fused-ring (bicyclic) bond motifs is 2. The van der Waals surface area contributed by atoms with Crippen LogP contribution >= 0.6 is 0 Å². The van der Waals surface area contributed by atoms with Crippen LogP contribution in [0.15, 0.2) is 84.9 Å². The third kappa shape index (κ3) is 3.78. The summed E-state index contributed by atoms with van der Waals surface area (Å²) in [5.41, 5.74) is 2.28. The third-order valence-corrected chi connectivity index (χ3v) is 5.21. The standard InChI is InChI=1S/C27H21N3/c1-30-27(17-13-21-11-15-23-7-3-5-9-25(23)19-21)28-26(29-30)16-12-20-10-14-22-6-2-4-8-24(22)18-20/h2-19H,1H3/b16-12+,17-13+. The summed E-state index contributed by atoms with van der Waals surface area (Å²) in [6.45, 7) is 0. The van der Waals surface area contributed by atoms with Crippen LogP contribution in [-0.4, -0.2) is 14.8 Å². The first-order valence-electron chi connectivity index (χ1n) is 9.99. The Morgan fingerprint density at radius 3 is 1.73 bits per heavy atom. The van der Waals surface area contributed by atoms with E-state index in [1.165, 1.54) is 21.5 Å². The van der Waals surface area contributed by atoms with Crippen molar-refractivity contribution in [3.63, 3.8) is 0 Å². The van der Waals surface area contributed by atoms with Gasteiger partial charge in [0.25, 0.3) is 0 Å². The van der Waals surface area contributed by atoms with Crippen LogP contribution in [0.2, 0.25) is 0 Å². The summed E-state index contributed by atoms with van der Waals surface area (Å²) in [7, 11) is 1.92. The van der Waals surface area contributed by atoms with Gasteiger partial charge >= 0.3 is 0 Å². The summed E-state index contributed by atoms with van der Waals surface area (Å²) in [5.74, 6) is 1.52. The smallest absolute Gasteiger partial charge is 0.174 e. The van der Waals surface area contributed by atoms with E-state index in [1.807, 2.05) is 19.2 Å². The van der Waals surface area contributed by atoms with Crippen molar-refractivity contribution < 1.29 is 0 Å². The maximum atomic E-state index is 4.64. The van der Waals surface area contributed by atoms with Crippen LogP contribution in [0.1, 0.15) is 22.8 Å². The molecule has 0 atom stereocenters. The Hall–Kier alpha value is -3.98. The molecule has 0 amide bonds. The first-order chi connectivity index (χ1) is 14.7. The highest BCUT2D eigenvalue weighted by Gasteiger charge is 2.02. The van der Waals surface area contributed by atoms with Gasteiger partial charge in [-0.25, -0.2) is 9.67 Å². The predicted octanol–water partition coefficient (Wildman–Crippen LogP) is 6.46. The third-order valence-electron chi connectivity index (χ3n) is 5.21. The molecule has 30 heavy (non-hydrogen) atoms. The molecule has 0 aliphatic heterocycles. The molecule has 3 nitrogen and oxygen atoms in total. The first kappa shape index (κ1) is 18.1. The van der Waals surface area contributed by atoms with Gasteiger partial charge in [-0.05, 0) is 57.0 Å². The molecule has 1 heterocycles. The van der Waals surface area contributed by atoms with Crippen LogP contribution in [0.25, 0.3) is 45.8 Å². The van der Waals surface area contributed by atoms with Gasteiger partial charge < -0.3 is 0 Å². The first-order valence-corrected chi connectivity index (χ1v) is 9.99. The largest absolute Gasteiger partial charge is 0.249 e. The number of rotatable bonds is 4. The maximum absolute atomic E-state index is 4.64. The van der Waals surface area contributed by atoms with Crippen molar-refractivity contribution in [3.8, 4) is 0 Å². The van der Waals surface area contributed by atoms with E-state index in [1.54, 1.807) is 4.68 Å². The SMILES string of the molecule is Cn1nc(/C=C/c2ccc3ccccc3c2)nc1/C=C/c1ccc2ccccc2c1. The summed E-state index contributed by atoms with van der Waals surface area (Å²) >= 11 is 0. The fraction of sp³-hybridized carbons (Fsp3) is 0.0370. The van der Waals surface area contributed by atoms with E-state index >= 15 is 0 Å². The molecule has 0 fully saturated rings. The van der Waals surface area contributed by atoms with Gasteiger partial charge in [0.15, 0.2) is 11.6 Å². The second-order valence-corrected chi connectivity index (χ2v) is 7.33. The number of hydrogen-bond donors (Lipinski definition) is 0. The number of hydrogen-bond acceptors (Lipinski definition) is 2. The van der Waals surface area contributed by atoms with Crippen molar-refractivity contribution >= 4 is 45.8 Å². The van der Waals surface area contributed by atoms with Crippen molar-refractivity contribution in [2.45, 2.75) is 0 Å². The highest BCUT2D eigenvalue weighted by Crippen LogP contribution is 2.18. The number of aromatic nitrogens is 3. The summed E-state index contributed by atoms with van der Waals surface area (Å²) in [4.78, 5) is 4.64. The lowest BCUT2D eigenvalue weighted by Gasteiger charge is -1.99. The molecule has 4 aromatic carbocycles. The molecule has 5 rings (SSSR count). The molecular weight excluding hydrogens is 366 g/mol. The molecular formula is C27H21N3. The van der Waals surface area contributed by atoms with E-state index < -0.39 is 0 Å². The number of aryl methyl sites for hydroxylation is 1. The number of benzene rings is 4. The maximum Gasteiger partial charge on any atom is 0.174 e. The topological polar surface area (TPSA) is 30.7 Å². The molecule has 0 bridgehead atoms. The van der Waals surface area contributed by atoms with Gasteiger partial charge in [0.1, 0.15) is 0 Å². The summed E-state index contributed by atoms with van der Waals surface area (Å²) in [5, 5.41) is 9.47. The highest BCUT2D eigenvalue weighted by molar-refractivity contribution is 5.86. The summed E-state index contributed by atoms with van der Waals surface area (Å²) in [6, 6.07) is 29.6. The van der Waals surface area contributed by atoms with E-state index in [0.29, 0.717) is 5.82 Å². The minimum Gasteiger partial charge on any atom is -0.249 e. The zero-order chi connectivity index (χ0) is 20.3. The minimum atomic E-state index is 0.698. The molecule has 0 unspecified atom stereocenters. The molecule has 0 aliphatic carbocycles. The molecule has 0 aliphatic rings. The molecule has 0 radical (unpaired) electrons. The van der Waals surface area contributed by atoms with E-state index in [0.717, 1.165) is 17.0 Å². The molecule has 0 saturated heterocycles. The molecule has 0 saturated carbocycles. The Bertz CT molecular complexity index is 1410. The Morgan fingerprint density at radius 1 is 0.600 bits per heavy atom. The van der Waals surface area contributed by atoms with Gasteiger partial charge in [-0.1, -0.05) is 84.9 Å². The average Bonchev–Trinajstić information content (AvgIpc) is 3.15. The van der Waals surface area contributed by atoms with E-state index in [2.05, 4.69) is 107 Å². The van der Waals surface area contributed by atoms with Crippen LogP contribution in [0, 0.1) is 0 Å². The average molecular weight is 387 g/mol. The van der Waals surface area contributed by atoms with Gasteiger partial charge in [0, 0.05) is 7.05 Å². The zero-order valence-corrected chi connectivity index (χ0v) is 16.7. The van der Waals surface area contributed by atoms with Gasteiger partial charge in [0.05, 0.1) is 0 Å². The predicted molar refractivity (Wildman–Crippen MR) is 127 cm³/mol. The van der Waals surface area contributed by atoms with Gasteiger partial charge in [-0.3, -0.25) is 0 Å². The van der Waals surface area contributed by atoms with E-state index in [-0.39, 0.29) is 0 Å². The van der Waals surface area contributed by atoms with Crippen LogP contribution in [0.5, 0.6) is 0 Å². The van der Waals surface area contributed by atoms with Crippen molar-refractivity contribution in [3.05, 3.63) is 108 Å². The normalized spacial score (nSPS) is 11.9. The lowest BCUT2D eigenvalue weighted by molar-refractivity contribution is 0.755. The fourth-order valence-electron chi connectivity index (χ4n) is 3.60. The van der Waals surface area contributed by atoms with Crippen LogP contribution < -0.4 is 0 Å². The lowest BCUT2D eigenvalue weighted by Crippen LogP contribution is -1.93. The monoisotopic (exact) mass is 387 g/mol. The zero-order valence-electron chi connectivity index (χ0n) is 16.7. The molecule has 0 N–H and O–H groups in total. The van der Waals surface area contributed by atoms with Crippen molar-refractivity contribution in [2.75, 3.05) is 0 Å². The van der Waals surface area contributed by atoms with Crippen LogP contribution in [0.4, 0.5) is 0 Å². The quantitative estimate of drug-likeness (QED) is 0.354. The molecule has 144 valence electrons. The van der Waals surface area contributed by atoms with Crippen molar-refractivity contribution in [1.29, 1.82) is 0 Å². The molecule has 1 aromatic heterocycles. The Kier molecular flexibility index (Phi) is 4.70. The van der Waals surface area contributed by atoms with Gasteiger partial charge in [0.2, 0.25) is 0 Å². The van der Waals surface area contributed by atoms with E-state index in [9.17, 15) is 0 Å². The second-order valence-electron chi connectivity index (χ2n) is 7.33.